The van der Waals surface area contributed by atoms with E-state index in [1.165, 1.54) is 0 Å². The van der Waals surface area contributed by atoms with E-state index in [4.69, 9.17) is 27.9 Å². The van der Waals surface area contributed by atoms with E-state index in [0.29, 0.717) is 41.0 Å². The topological polar surface area (TPSA) is 47.4 Å². The first-order valence-corrected chi connectivity index (χ1v) is 9.64. The largest absolute Gasteiger partial charge is 0.497 e. The van der Waals surface area contributed by atoms with Crippen LogP contribution in [0.15, 0.2) is 54.9 Å². The highest BCUT2D eigenvalue weighted by Crippen LogP contribution is 2.23. The van der Waals surface area contributed by atoms with Crippen LogP contribution in [0, 0.1) is 0 Å². The third-order valence-electron chi connectivity index (χ3n) is 4.46. The number of hydrogen-bond donors (Lipinski definition) is 0. The molecule has 1 aromatic heterocycles. The Bertz CT molecular complexity index is 972. The van der Waals surface area contributed by atoms with Crippen molar-refractivity contribution in [3.8, 4) is 5.75 Å². The van der Waals surface area contributed by atoms with E-state index in [-0.39, 0.29) is 5.91 Å². The lowest BCUT2D eigenvalue weighted by Gasteiger charge is -2.21. The van der Waals surface area contributed by atoms with Gasteiger partial charge in [-0.2, -0.15) is 0 Å². The summed E-state index contributed by atoms with van der Waals surface area (Å²) in [6.45, 7) is 3.51. The monoisotopic (exact) mass is 417 g/mol. The van der Waals surface area contributed by atoms with Crippen molar-refractivity contribution < 1.29 is 9.53 Å². The number of halogens is 2. The highest BCUT2D eigenvalue weighted by molar-refractivity contribution is 6.42. The van der Waals surface area contributed by atoms with Gasteiger partial charge in [0.05, 0.1) is 23.7 Å². The van der Waals surface area contributed by atoms with Crippen LogP contribution in [0.4, 0.5) is 0 Å². The minimum atomic E-state index is -0.0644. The molecule has 5 nitrogen and oxygen atoms in total. The second-order valence-corrected chi connectivity index (χ2v) is 7.09. The third kappa shape index (κ3) is 4.66. The number of hydrogen-bond acceptors (Lipinski definition) is 3. The first kappa shape index (κ1) is 20.2. The molecule has 0 saturated carbocycles. The smallest absolute Gasteiger partial charge is 0.254 e. The Morgan fingerprint density at radius 1 is 1.18 bits per heavy atom. The normalized spacial score (nSPS) is 10.7. The summed E-state index contributed by atoms with van der Waals surface area (Å²) in [4.78, 5) is 19.1. The van der Waals surface area contributed by atoms with Crippen molar-refractivity contribution in [2.45, 2.75) is 20.0 Å². The number of methoxy groups -OCH3 is 1. The molecule has 3 aromatic rings. The van der Waals surface area contributed by atoms with Crippen LogP contribution in [0.5, 0.6) is 5.75 Å². The van der Waals surface area contributed by atoms with E-state index in [9.17, 15) is 4.79 Å². The number of rotatable bonds is 7. The first-order valence-electron chi connectivity index (χ1n) is 8.89. The van der Waals surface area contributed by atoms with Crippen LogP contribution in [-0.4, -0.2) is 34.0 Å². The molecular weight excluding hydrogens is 397 g/mol. The molecular formula is C21H21Cl2N3O2. The molecule has 0 aliphatic heterocycles. The first-order chi connectivity index (χ1) is 13.5. The standard InChI is InChI=1S/C21H21Cl2N3O2/c1-3-25(21(27)16-5-4-6-17(12-16)28-2)14-20-24-9-10-26(20)13-15-7-8-18(22)19(23)11-15/h4-12H,3,13-14H2,1-2H3. The van der Waals surface area contributed by atoms with E-state index in [1.807, 2.05) is 42.0 Å². The van der Waals surface area contributed by atoms with Crippen LogP contribution in [0.1, 0.15) is 28.7 Å². The van der Waals surface area contributed by atoms with Gasteiger partial charge in [0, 0.05) is 31.0 Å². The molecule has 0 saturated heterocycles. The molecule has 0 atom stereocenters. The molecule has 2 aromatic carbocycles. The molecule has 0 radical (unpaired) electrons. The average Bonchev–Trinajstić information content (AvgIpc) is 3.15. The van der Waals surface area contributed by atoms with Crippen molar-refractivity contribution >= 4 is 29.1 Å². The van der Waals surface area contributed by atoms with E-state index in [0.717, 1.165) is 11.4 Å². The number of benzene rings is 2. The molecule has 0 aliphatic carbocycles. The summed E-state index contributed by atoms with van der Waals surface area (Å²) in [7, 11) is 1.58. The summed E-state index contributed by atoms with van der Waals surface area (Å²) in [5, 5.41) is 1.04. The molecule has 0 spiro atoms. The van der Waals surface area contributed by atoms with E-state index >= 15 is 0 Å². The van der Waals surface area contributed by atoms with Crippen molar-refractivity contribution in [2.24, 2.45) is 0 Å². The predicted molar refractivity (Wildman–Crippen MR) is 111 cm³/mol. The lowest BCUT2D eigenvalue weighted by Crippen LogP contribution is -2.31. The summed E-state index contributed by atoms with van der Waals surface area (Å²) < 4.78 is 7.22. The fraction of sp³-hybridized carbons (Fsp3) is 0.238. The molecule has 0 bridgehead atoms. The van der Waals surface area contributed by atoms with Crippen LogP contribution in [-0.2, 0) is 13.1 Å². The van der Waals surface area contributed by atoms with Gasteiger partial charge < -0.3 is 14.2 Å². The fourth-order valence-electron chi connectivity index (χ4n) is 2.91. The maximum absolute atomic E-state index is 12.9. The van der Waals surface area contributed by atoms with E-state index < -0.39 is 0 Å². The fourth-order valence-corrected chi connectivity index (χ4v) is 3.23. The summed E-state index contributed by atoms with van der Waals surface area (Å²) in [5.41, 5.74) is 1.60. The molecule has 0 N–H and O–H groups in total. The summed E-state index contributed by atoms with van der Waals surface area (Å²) >= 11 is 12.1. The van der Waals surface area contributed by atoms with Crippen LogP contribution >= 0.6 is 23.2 Å². The molecule has 0 fully saturated rings. The SMILES string of the molecule is CCN(Cc1nccn1Cc1ccc(Cl)c(Cl)c1)C(=O)c1cccc(OC)c1. The quantitative estimate of drug-likeness (QED) is 0.548. The summed E-state index contributed by atoms with van der Waals surface area (Å²) in [5.74, 6) is 1.39. The lowest BCUT2D eigenvalue weighted by molar-refractivity contribution is 0.0746. The van der Waals surface area contributed by atoms with Gasteiger partial charge in [0.25, 0.3) is 5.91 Å². The zero-order valence-electron chi connectivity index (χ0n) is 15.7. The molecule has 28 heavy (non-hydrogen) atoms. The van der Waals surface area contributed by atoms with Crippen molar-refractivity contribution in [1.29, 1.82) is 0 Å². The second-order valence-electron chi connectivity index (χ2n) is 6.27. The van der Waals surface area contributed by atoms with Crippen LogP contribution in [0.3, 0.4) is 0 Å². The zero-order valence-corrected chi connectivity index (χ0v) is 17.2. The maximum Gasteiger partial charge on any atom is 0.254 e. The zero-order chi connectivity index (χ0) is 20.1. The minimum absolute atomic E-state index is 0.0644. The molecule has 7 heteroatoms. The van der Waals surface area contributed by atoms with Gasteiger partial charge in [-0.05, 0) is 42.8 Å². The van der Waals surface area contributed by atoms with E-state index in [2.05, 4.69) is 4.98 Å². The molecule has 1 amide bonds. The number of imidazole rings is 1. The Kier molecular flexibility index (Phi) is 6.60. The summed E-state index contributed by atoms with van der Waals surface area (Å²) in [6.07, 6.45) is 3.62. The Morgan fingerprint density at radius 3 is 2.71 bits per heavy atom. The summed E-state index contributed by atoms with van der Waals surface area (Å²) in [6, 6.07) is 12.7. The third-order valence-corrected chi connectivity index (χ3v) is 5.20. The Morgan fingerprint density at radius 2 is 2.00 bits per heavy atom. The molecule has 0 unspecified atom stereocenters. The Balaban J connectivity index is 1.77. The number of aromatic nitrogens is 2. The van der Waals surface area contributed by atoms with Crippen LogP contribution < -0.4 is 4.74 Å². The second kappa shape index (κ2) is 9.13. The average molecular weight is 418 g/mol. The predicted octanol–water partition coefficient (Wildman–Crippen LogP) is 4.91. The molecule has 3 rings (SSSR count). The molecule has 146 valence electrons. The number of nitrogens with zero attached hydrogens (tertiary/aromatic N) is 3. The number of carbonyl (C=O) groups excluding carboxylic acids is 1. The van der Waals surface area contributed by atoms with Gasteiger partial charge in [-0.1, -0.05) is 35.3 Å². The van der Waals surface area contributed by atoms with Gasteiger partial charge in [0.15, 0.2) is 0 Å². The van der Waals surface area contributed by atoms with Crippen molar-refractivity contribution in [3.63, 3.8) is 0 Å². The van der Waals surface area contributed by atoms with Crippen LogP contribution in [0.25, 0.3) is 0 Å². The highest BCUT2D eigenvalue weighted by Gasteiger charge is 2.17. The maximum atomic E-state index is 12.9. The van der Waals surface area contributed by atoms with Crippen LogP contribution in [0.2, 0.25) is 10.0 Å². The Labute approximate surface area is 174 Å². The molecule has 1 heterocycles. The lowest BCUT2D eigenvalue weighted by atomic mass is 10.2. The van der Waals surface area contributed by atoms with Crippen molar-refractivity contribution in [1.82, 2.24) is 14.5 Å². The van der Waals surface area contributed by atoms with Crippen molar-refractivity contribution in [3.05, 3.63) is 81.9 Å². The highest BCUT2D eigenvalue weighted by atomic mass is 35.5. The van der Waals surface area contributed by atoms with Gasteiger partial charge in [-0.3, -0.25) is 4.79 Å². The van der Waals surface area contributed by atoms with Gasteiger partial charge in [-0.25, -0.2) is 4.98 Å². The van der Waals surface area contributed by atoms with Gasteiger partial charge in [0.2, 0.25) is 0 Å². The number of amides is 1. The van der Waals surface area contributed by atoms with Gasteiger partial charge in [0.1, 0.15) is 11.6 Å². The van der Waals surface area contributed by atoms with Gasteiger partial charge >= 0.3 is 0 Å². The van der Waals surface area contributed by atoms with Gasteiger partial charge in [-0.15, -0.1) is 0 Å². The number of ether oxygens (including phenoxy) is 1. The van der Waals surface area contributed by atoms with E-state index in [1.54, 1.807) is 36.4 Å². The Hall–Kier alpha value is -2.50. The molecule has 0 aliphatic rings. The number of carbonyl (C=O) groups is 1. The van der Waals surface area contributed by atoms with Crippen molar-refractivity contribution in [2.75, 3.05) is 13.7 Å². The minimum Gasteiger partial charge on any atom is -0.497 e.